The zero-order chi connectivity index (χ0) is 18.5. The van der Waals surface area contributed by atoms with Gasteiger partial charge in [0.2, 0.25) is 5.91 Å². The van der Waals surface area contributed by atoms with Crippen molar-refractivity contribution in [3.63, 3.8) is 0 Å². The van der Waals surface area contributed by atoms with Gasteiger partial charge in [-0.25, -0.2) is 0 Å². The van der Waals surface area contributed by atoms with E-state index in [2.05, 4.69) is 15.3 Å². The van der Waals surface area contributed by atoms with Crippen LogP contribution in [0.15, 0.2) is 36.7 Å². The van der Waals surface area contributed by atoms with Gasteiger partial charge in [0.1, 0.15) is 0 Å². The summed E-state index contributed by atoms with van der Waals surface area (Å²) in [6.07, 6.45) is 3.79. The number of benzene rings is 1. The third kappa shape index (κ3) is 4.62. The maximum Gasteiger partial charge on any atom is 0.241 e. The first-order valence-corrected chi connectivity index (χ1v) is 8.94. The minimum absolute atomic E-state index is 0.0180. The van der Waals surface area contributed by atoms with Gasteiger partial charge in [-0.15, -0.1) is 0 Å². The molecule has 1 aliphatic rings. The molecule has 0 saturated carbocycles. The van der Waals surface area contributed by atoms with E-state index in [0.29, 0.717) is 6.54 Å². The highest BCUT2D eigenvalue weighted by molar-refractivity contribution is 5.94. The molecule has 1 amide bonds. The molecule has 1 aliphatic heterocycles. The van der Waals surface area contributed by atoms with E-state index in [0.717, 1.165) is 43.2 Å². The molecule has 2 heterocycles. The van der Waals surface area contributed by atoms with Crippen molar-refractivity contribution < 1.29 is 9.53 Å². The highest BCUT2D eigenvalue weighted by Gasteiger charge is 2.19. The minimum atomic E-state index is -0.242. The molecule has 1 aromatic heterocycles. The van der Waals surface area contributed by atoms with Gasteiger partial charge in [0, 0.05) is 49.8 Å². The number of hydrogen-bond donors (Lipinski definition) is 1. The van der Waals surface area contributed by atoms with Gasteiger partial charge in [0.15, 0.2) is 0 Å². The molecule has 3 rings (SSSR count). The Morgan fingerprint density at radius 2 is 2.00 bits per heavy atom. The third-order valence-corrected chi connectivity index (χ3v) is 4.74. The molecule has 1 N–H and O–H groups in total. The molecule has 1 fully saturated rings. The number of carbonyl (C=O) groups excluding carboxylic acids is 1. The SMILES string of the molecule is CC(C(=O)Nc1ccc(N2CCOCC2)cc1)N(C)Cc1cnn(C)c1. The fourth-order valence-corrected chi connectivity index (χ4v) is 3.00. The van der Waals surface area contributed by atoms with Gasteiger partial charge in [-0.2, -0.15) is 5.10 Å². The predicted octanol–water partition coefficient (Wildman–Crippen LogP) is 1.72. The van der Waals surface area contributed by atoms with Crippen molar-refractivity contribution in [2.24, 2.45) is 7.05 Å². The van der Waals surface area contributed by atoms with Crippen LogP contribution in [0.5, 0.6) is 0 Å². The topological polar surface area (TPSA) is 62.6 Å². The zero-order valence-electron chi connectivity index (χ0n) is 15.7. The number of carbonyl (C=O) groups is 1. The number of aryl methyl sites for hydroxylation is 1. The van der Waals surface area contributed by atoms with Crippen molar-refractivity contribution in [2.45, 2.75) is 19.5 Å². The molecule has 0 radical (unpaired) electrons. The van der Waals surface area contributed by atoms with E-state index in [1.54, 1.807) is 4.68 Å². The second-order valence-electron chi connectivity index (χ2n) is 6.75. The van der Waals surface area contributed by atoms with E-state index >= 15 is 0 Å². The van der Waals surface area contributed by atoms with Crippen LogP contribution in [0, 0.1) is 0 Å². The number of amides is 1. The van der Waals surface area contributed by atoms with Gasteiger partial charge in [-0.3, -0.25) is 14.4 Å². The lowest BCUT2D eigenvalue weighted by atomic mass is 10.2. The average molecular weight is 357 g/mol. The lowest BCUT2D eigenvalue weighted by Crippen LogP contribution is -2.39. The van der Waals surface area contributed by atoms with Crippen LogP contribution in [-0.2, 0) is 23.1 Å². The summed E-state index contributed by atoms with van der Waals surface area (Å²) < 4.78 is 7.15. The number of aromatic nitrogens is 2. The van der Waals surface area contributed by atoms with E-state index in [-0.39, 0.29) is 11.9 Å². The molecular formula is C19H27N5O2. The molecule has 1 saturated heterocycles. The van der Waals surface area contributed by atoms with Gasteiger partial charge in [0.05, 0.1) is 25.5 Å². The smallest absolute Gasteiger partial charge is 0.241 e. The summed E-state index contributed by atoms with van der Waals surface area (Å²) >= 11 is 0. The standard InChI is InChI=1S/C19H27N5O2/c1-15(22(2)13-16-12-20-23(3)14-16)19(25)21-17-4-6-18(7-5-17)24-8-10-26-11-9-24/h4-7,12,14-15H,8-11,13H2,1-3H3,(H,21,25). The maximum absolute atomic E-state index is 12.5. The molecule has 0 aliphatic carbocycles. The number of nitrogens with one attached hydrogen (secondary N) is 1. The Labute approximate surface area is 154 Å². The highest BCUT2D eigenvalue weighted by Crippen LogP contribution is 2.19. The van der Waals surface area contributed by atoms with Crippen LogP contribution in [0.25, 0.3) is 0 Å². The second kappa shape index (κ2) is 8.33. The fourth-order valence-electron chi connectivity index (χ4n) is 3.00. The maximum atomic E-state index is 12.5. The average Bonchev–Trinajstić information content (AvgIpc) is 3.07. The lowest BCUT2D eigenvalue weighted by Gasteiger charge is -2.29. The molecule has 0 bridgehead atoms. The van der Waals surface area contributed by atoms with Gasteiger partial charge in [-0.05, 0) is 38.2 Å². The summed E-state index contributed by atoms with van der Waals surface area (Å²) in [4.78, 5) is 16.8. The van der Waals surface area contributed by atoms with Crippen molar-refractivity contribution in [1.29, 1.82) is 0 Å². The summed E-state index contributed by atoms with van der Waals surface area (Å²) in [7, 11) is 3.83. The quantitative estimate of drug-likeness (QED) is 0.853. The Morgan fingerprint density at radius 3 is 2.62 bits per heavy atom. The summed E-state index contributed by atoms with van der Waals surface area (Å²) in [5.74, 6) is -0.0180. The fraction of sp³-hybridized carbons (Fsp3) is 0.474. The Bertz CT molecular complexity index is 722. The molecular weight excluding hydrogens is 330 g/mol. The highest BCUT2D eigenvalue weighted by atomic mass is 16.5. The van der Waals surface area contributed by atoms with Crippen LogP contribution in [0.3, 0.4) is 0 Å². The number of likely N-dealkylation sites (N-methyl/N-ethyl adjacent to an activating group) is 1. The molecule has 1 atom stereocenters. The van der Waals surface area contributed by atoms with Crippen LogP contribution in [-0.4, -0.2) is 60.0 Å². The molecule has 7 heteroatoms. The molecule has 2 aromatic rings. The van der Waals surface area contributed by atoms with E-state index in [1.807, 2.05) is 62.6 Å². The van der Waals surface area contributed by atoms with Crippen molar-refractivity contribution >= 4 is 17.3 Å². The first-order valence-electron chi connectivity index (χ1n) is 8.94. The molecule has 1 unspecified atom stereocenters. The molecule has 0 spiro atoms. The van der Waals surface area contributed by atoms with Gasteiger partial charge in [0.25, 0.3) is 0 Å². The summed E-state index contributed by atoms with van der Waals surface area (Å²) in [6, 6.07) is 7.76. The number of ether oxygens (including phenoxy) is 1. The van der Waals surface area contributed by atoms with Crippen LogP contribution >= 0.6 is 0 Å². The van der Waals surface area contributed by atoms with E-state index in [4.69, 9.17) is 4.74 Å². The second-order valence-corrected chi connectivity index (χ2v) is 6.75. The Hall–Kier alpha value is -2.38. The number of nitrogens with zero attached hydrogens (tertiary/aromatic N) is 4. The number of hydrogen-bond acceptors (Lipinski definition) is 5. The number of anilines is 2. The van der Waals surface area contributed by atoms with Gasteiger partial charge in [-0.1, -0.05) is 0 Å². The van der Waals surface area contributed by atoms with Crippen LogP contribution in [0.1, 0.15) is 12.5 Å². The molecule has 1 aromatic carbocycles. The number of morpholine rings is 1. The molecule has 140 valence electrons. The normalized spacial score (nSPS) is 15.9. The molecule has 7 nitrogen and oxygen atoms in total. The van der Waals surface area contributed by atoms with E-state index < -0.39 is 0 Å². The first kappa shape index (κ1) is 18.4. The minimum Gasteiger partial charge on any atom is -0.378 e. The Balaban J connectivity index is 1.54. The Kier molecular flexibility index (Phi) is 5.90. The van der Waals surface area contributed by atoms with Crippen molar-refractivity contribution in [2.75, 3.05) is 43.6 Å². The Morgan fingerprint density at radius 1 is 1.31 bits per heavy atom. The summed E-state index contributed by atoms with van der Waals surface area (Å²) in [5, 5.41) is 7.17. The summed E-state index contributed by atoms with van der Waals surface area (Å²) in [5.41, 5.74) is 3.06. The lowest BCUT2D eigenvalue weighted by molar-refractivity contribution is -0.120. The van der Waals surface area contributed by atoms with E-state index in [1.165, 1.54) is 0 Å². The van der Waals surface area contributed by atoms with Crippen molar-refractivity contribution in [3.8, 4) is 0 Å². The van der Waals surface area contributed by atoms with Crippen molar-refractivity contribution in [1.82, 2.24) is 14.7 Å². The van der Waals surface area contributed by atoms with Crippen LogP contribution in [0.2, 0.25) is 0 Å². The van der Waals surface area contributed by atoms with Crippen LogP contribution < -0.4 is 10.2 Å². The largest absolute Gasteiger partial charge is 0.378 e. The monoisotopic (exact) mass is 357 g/mol. The van der Waals surface area contributed by atoms with Crippen LogP contribution in [0.4, 0.5) is 11.4 Å². The van der Waals surface area contributed by atoms with E-state index in [9.17, 15) is 4.79 Å². The van der Waals surface area contributed by atoms with Gasteiger partial charge < -0.3 is 15.0 Å². The predicted molar refractivity (Wildman–Crippen MR) is 102 cm³/mol. The first-order chi connectivity index (χ1) is 12.5. The van der Waals surface area contributed by atoms with Gasteiger partial charge >= 0.3 is 0 Å². The summed E-state index contributed by atoms with van der Waals surface area (Å²) in [6.45, 7) is 5.93. The molecule has 26 heavy (non-hydrogen) atoms. The number of rotatable bonds is 6. The zero-order valence-corrected chi connectivity index (χ0v) is 15.7. The van der Waals surface area contributed by atoms with Crippen molar-refractivity contribution in [3.05, 3.63) is 42.2 Å². The third-order valence-electron chi connectivity index (χ3n) is 4.74.